The predicted octanol–water partition coefficient (Wildman–Crippen LogP) is 3.78. The van der Waals surface area contributed by atoms with E-state index in [9.17, 15) is 22.8 Å². The summed E-state index contributed by atoms with van der Waals surface area (Å²) in [5, 5.41) is 0.544. The first-order chi connectivity index (χ1) is 11.2. The van der Waals surface area contributed by atoms with E-state index >= 15 is 0 Å². The molecule has 0 saturated heterocycles. The molecule has 0 aliphatic rings. The molecule has 3 aromatic rings. The van der Waals surface area contributed by atoms with Crippen molar-refractivity contribution in [2.45, 2.75) is 12.7 Å². The number of alkyl halides is 3. The summed E-state index contributed by atoms with van der Waals surface area (Å²) in [5.41, 5.74) is -1.49. The molecule has 2 heterocycles. The highest BCUT2D eigenvalue weighted by Gasteiger charge is 2.31. The third-order valence-electron chi connectivity index (χ3n) is 3.44. The normalized spacial score (nSPS) is 11.8. The maximum absolute atomic E-state index is 12.8. The van der Waals surface area contributed by atoms with E-state index in [-0.39, 0.29) is 12.1 Å². The van der Waals surface area contributed by atoms with E-state index in [0.717, 1.165) is 22.9 Å². The van der Waals surface area contributed by atoms with Gasteiger partial charge in [0.2, 0.25) is 0 Å². The fourth-order valence-electron chi connectivity index (χ4n) is 2.34. The Labute approximate surface area is 141 Å². The van der Waals surface area contributed by atoms with Gasteiger partial charge in [0.05, 0.1) is 12.1 Å². The van der Waals surface area contributed by atoms with Crippen molar-refractivity contribution in [3.63, 3.8) is 0 Å². The fraction of sp³-hybridized carbons (Fsp3) is 0.125. The van der Waals surface area contributed by atoms with Gasteiger partial charge in [0.15, 0.2) is 0 Å². The molecule has 0 aliphatic heterocycles. The van der Waals surface area contributed by atoms with Gasteiger partial charge in [0, 0.05) is 28.2 Å². The van der Waals surface area contributed by atoms with Gasteiger partial charge in [-0.2, -0.15) is 13.2 Å². The van der Waals surface area contributed by atoms with Crippen LogP contribution in [0.1, 0.15) is 11.1 Å². The van der Waals surface area contributed by atoms with Crippen molar-refractivity contribution in [1.82, 2.24) is 4.57 Å². The van der Waals surface area contributed by atoms with Crippen LogP contribution >= 0.6 is 15.9 Å². The molecule has 3 rings (SSSR count). The van der Waals surface area contributed by atoms with Crippen LogP contribution in [0.25, 0.3) is 11.0 Å². The Bertz CT molecular complexity index is 1040. The van der Waals surface area contributed by atoms with Crippen LogP contribution in [0.4, 0.5) is 13.2 Å². The second-order valence-electron chi connectivity index (χ2n) is 5.11. The first-order valence-corrected chi connectivity index (χ1v) is 7.53. The van der Waals surface area contributed by atoms with E-state index in [0.29, 0.717) is 15.4 Å². The third kappa shape index (κ3) is 3.28. The topological polar surface area (TPSA) is 52.2 Å². The first-order valence-electron chi connectivity index (χ1n) is 6.74. The number of aromatic nitrogens is 1. The standard InChI is InChI=1S/C16H9BrF3NO3/c17-11-2-3-12-9(5-15(23)24-13(12)6-11)7-21-8-10(16(18,19)20)1-4-14(21)22/h1-6,8H,7H2. The second kappa shape index (κ2) is 5.94. The van der Waals surface area contributed by atoms with Gasteiger partial charge in [-0.1, -0.05) is 15.9 Å². The Kier molecular flexibility index (Phi) is 4.08. The van der Waals surface area contributed by atoms with Crippen molar-refractivity contribution < 1.29 is 17.6 Å². The molecule has 124 valence electrons. The lowest BCUT2D eigenvalue weighted by Gasteiger charge is -2.12. The molecule has 0 aliphatic carbocycles. The van der Waals surface area contributed by atoms with Gasteiger partial charge >= 0.3 is 11.8 Å². The van der Waals surface area contributed by atoms with Gasteiger partial charge in [-0.05, 0) is 29.8 Å². The average molecular weight is 400 g/mol. The van der Waals surface area contributed by atoms with Crippen molar-refractivity contribution in [3.8, 4) is 0 Å². The van der Waals surface area contributed by atoms with E-state index in [4.69, 9.17) is 4.42 Å². The summed E-state index contributed by atoms with van der Waals surface area (Å²) in [6.45, 7) is -0.174. The minimum absolute atomic E-state index is 0.174. The van der Waals surface area contributed by atoms with Gasteiger partial charge in [0.1, 0.15) is 5.58 Å². The number of pyridine rings is 1. The van der Waals surface area contributed by atoms with E-state index < -0.39 is 22.9 Å². The number of hydrogen-bond acceptors (Lipinski definition) is 3. The van der Waals surface area contributed by atoms with Crippen LogP contribution in [-0.2, 0) is 12.7 Å². The zero-order valence-corrected chi connectivity index (χ0v) is 13.5. The van der Waals surface area contributed by atoms with Gasteiger partial charge < -0.3 is 8.98 Å². The fourth-order valence-corrected chi connectivity index (χ4v) is 2.68. The Morgan fingerprint density at radius 1 is 1.08 bits per heavy atom. The minimum atomic E-state index is -4.56. The van der Waals surface area contributed by atoms with Crippen LogP contribution in [-0.4, -0.2) is 4.57 Å². The number of fused-ring (bicyclic) bond motifs is 1. The molecule has 0 unspecified atom stereocenters. The van der Waals surface area contributed by atoms with Gasteiger partial charge in [-0.15, -0.1) is 0 Å². The van der Waals surface area contributed by atoms with E-state index in [2.05, 4.69) is 15.9 Å². The summed E-state index contributed by atoms with van der Waals surface area (Å²) in [6, 6.07) is 7.70. The molecule has 4 nitrogen and oxygen atoms in total. The van der Waals surface area contributed by atoms with Crippen molar-refractivity contribution in [1.29, 1.82) is 0 Å². The molecule has 0 bridgehead atoms. The lowest BCUT2D eigenvalue weighted by atomic mass is 10.1. The van der Waals surface area contributed by atoms with Gasteiger partial charge in [-0.25, -0.2) is 4.79 Å². The zero-order chi connectivity index (χ0) is 17.5. The molecule has 0 N–H and O–H groups in total. The van der Waals surface area contributed by atoms with Crippen molar-refractivity contribution >= 4 is 26.9 Å². The van der Waals surface area contributed by atoms with Crippen LogP contribution < -0.4 is 11.2 Å². The Morgan fingerprint density at radius 2 is 1.83 bits per heavy atom. The number of rotatable bonds is 2. The Balaban J connectivity index is 2.14. The molecule has 0 atom stereocenters. The molecule has 24 heavy (non-hydrogen) atoms. The minimum Gasteiger partial charge on any atom is -0.423 e. The van der Waals surface area contributed by atoms with E-state index in [1.165, 1.54) is 6.07 Å². The highest BCUT2D eigenvalue weighted by molar-refractivity contribution is 9.10. The van der Waals surface area contributed by atoms with Gasteiger partial charge in [0.25, 0.3) is 5.56 Å². The lowest BCUT2D eigenvalue weighted by molar-refractivity contribution is -0.138. The van der Waals surface area contributed by atoms with Crippen LogP contribution in [0, 0.1) is 0 Å². The molecule has 0 amide bonds. The second-order valence-corrected chi connectivity index (χ2v) is 6.03. The quantitative estimate of drug-likeness (QED) is 0.616. The molecule has 0 radical (unpaired) electrons. The number of halogens is 4. The van der Waals surface area contributed by atoms with Crippen LogP contribution in [0.3, 0.4) is 0 Å². The van der Waals surface area contributed by atoms with Crippen LogP contribution in [0.5, 0.6) is 0 Å². The third-order valence-corrected chi connectivity index (χ3v) is 3.94. The Hall–Kier alpha value is -2.35. The smallest absolute Gasteiger partial charge is 0.417 e. The SMILES string of the molecule is O=c1cc(Cn2cc(C(F)(F)F)ccc2=O)c2ccc(Br)cc2o1. The molecular formula is C16H9BrF3NO3. The van der Waals surface area contributed by atoms with Crippen LogP contribution in [0.15, 0.2) is 61.1 Å². The highest BCUT2D eigenvalue weighted by Crippen LogP contribution is 2.28. The molecule has 0 saturated carbocycles. The maximum atomic E-state index is 12.8. The molecular weight excluding hydrogens is 391 g/mol. The van der Waals surface area contributed by atoms with E-state index in [1.807, 2.05) is 0 Å². The summed E-state index contributed by atoms with van der Waals surface area (Å²) >= 11 is 3.25. The lowest BCUT2D eigenvalue weighted by Crippen LogP contribution is -2.22. The molecule has 1 aromatic carbocycles. The number of hydrogen-bond donors (Lipinski definition) is 0. The zero-order valence-electron chi connectivity index (χ0n) is 11.9. The number of benzene rings is 1. The summed E-state index contributed by atoms with van der Waals surface area (Å²) in [6.07, 6.45) is -3.82. The summed E-state index contributed by atoms with van der Waals surface area (Å²) in [5.74, 6) is 0. The summed E-state index contributed by atoms with van der Waals surface area (Å²) in [7, 11) is 0. The number of nitrogens with zero attached hydrogens (tertiary/aromatic N) is 1. The summed E-state index contributed by atoms with van der Waals surface area (Å²) in [4.78, 5) is 23.5. The Morgan fingerprint density at radius 3 is 2.54 bits per heavy atom. The molecule has 2 aromatic heterocycles. The van der Waals surface area contributed by atoms with Crippen molar-refractivity contribution in [3.05, 3.63) is 79.0 Å². The first kappa shape index (κ1) is 16.5. The highest BCUT2D eigenvalue weighted by atomic mass is 79.9. The van der Waals surface area contributed by atoms with Crippen LogP contribution in [0.2, 0.25) is 0 Å². The summed E-state index contributed by atoms with van der Waals surface area (Å²) < 4.78 is 45.1. The maximum Gasteiger partial charge on any atom is 0.417 e. The van der Waals surface area contributed by atoms with Crippen molar-refractivity contribution in [2.75, 3.05) is 0 Å². The molecule has 0 fully saturated rings. The monoisotopic (exact) mass is 399 g/mol. The predicted molar refractivity (Wildman–Crippen MR) is 85.0 cm³/mol. The largest absolute Gasteiger partial charge is 0.423 e. The average Bonchev–Trinajstić information content (AvgIpc) is 2.47. The molecule has 0 spiro atoms. The van der Waals surface area contributed by atoms with Gasteiger partial charge in [-0.3, -0.25) is 4.79 Å². The van der Waals surface area contributed by atoms with Crippen molar-refractivity contribution in [2.24, 2.45) is 0 Å². The van der Waals surface area contributed by atoms with E-state index in [1.54, 1.807) is 18.2 Å². The molecule has 8 heteroatoms.